The van der Waals surface area contributed by atoms with Crippen LogP contribution in [0, 0.1) is 5.92 Å². The molecule has 0 aromatic heterocycles. The minimum atomic E-state index is -3.75. The monoisotopic (exact) mass is 312 g/mol. The predicted octanol–water partition coefficient (Wildman–Crippen LogP) is 0.271. The van der Waals surface area contributed by atoms with E-state index in [2.05, 4.69) is 0 Å². The van der Waals surface area contributed by atoms with Crippen LogP contribution in [0.1, 0.15) is 23.2 Å². The Hall–Kier alpha value is -1.93. The highest BCUT2D eigenvalue weighted by Gasteiger charge is 2.33. The molecule has 0 aliphatic carbocycles. The largest absolute Gasteiger partial charge is 0.481 e. The summed E-state index contributed by atoms with van der Waals surface area (Å²) in [5.41, 5.74) is 5.32. The van der Waals surface area contributed by atoms with Gasteiger partial charge < -0.3 is 10.8 Å². The highest BCUT2D eigenvalue weighted by molar-refractivity contribution is 7.89. The normalized spacial score (nSPS) is 20.1. The number of hydrogen-bond donors (Lipinski definition) is 2. The maximum absolute atomic E-state index is 12.5. The van der Waals surface area contributed by atoms with Gasteiger partial charge in [0.1, 0.15) is 0 Å². The fourth-order valence-electron chi connectivity index (χ4n) is 2.30. The van der Waals surface area contributed by atoms with Crippen molar-refractivity contribution in [2.75, 3.05) is 13.1 Å². The van der Waals surface area contributed by atoms with Crippen LogP contribution in [0.4, 0.5) is 0 Å². The third kappa shape index (κ3) is 3.22. The van der Waals surface area contributed by atoms with E-state index in [4.69, 9.17) is 10.8 Å². The molecular formula is C13H16N2O5S. The van der Waals surface area contributed by atoms with E-state index in [1.54, 1.807) is 0 Å². The number of nitrogens with zero attached hydrogens (tertiary/aromatic N) is 1. The molecule has 8 heteroatoms. The average Bonchev–Trinajstić information content (AvgIpc) is 2.47. The molecule has 1 aliphatic heterocycles. The lowest BCUT2D eigenvalue weighted by atomic mass is 10.0. The quantitative estimate of drug-likeness (QED) is 0.827. The maximum atomic E-state index is 12.5. The number of primary amides is 1. The number of rotatable bonds is 4. The Kier molecular flexibility index (Phi) is 4.29. The maximum Gasteiger partial charge on any atom is 0.307 e. The van der Waals surface area contributed by atoms with Crippen molar-refractivity contribution in [3.05, 3.63) is 29.8 Å². The second-order valence-corrected chi connectivity index (χ2v) is 6.87. The number of sulfonamides is 1. The lowest BCUT2D eigenvalue weighted by Gasteiger charge is -2.29. The van der Waals surface area contributed by atoms with Crippen LogP contribution in [0.25, 0.3) is 0 Å². The van der Waals surface area contributed by atoms with Gasteiger partial charge in [-0.25, -0.2) is 8.42 Å². The Morgan fingerprint density at radius 2 is 1.86 bits per heavy atom. The smallest absolute Gasteiger partial charge is 0.307 e. The molecule has 1 aromatic rings. The molecule has 1 fully saturated rings. The summed E-state index contributed by atoms with van der Waals surface area (Å²) in [5.74, 6) is -2.31. The minimum Gasteiger partial charge on any atom is -0.481 e. The lowest BCUT2D eigenvalue weighted by molar-refractivity contribution is -0.142. The van der Waals surface area contributed by atoms with Gasteiger partial charge in [-0.3, -0.25) is 9.59 Å². The molecule has 0 unspecified atom stereocenters. The van der Waals surface area contributed by atoms with Gasteiger partial charge in [0.15, 0.2) is 0 Å². The van der Waals surface area contributed by atoms with Gasteiger partial charge in [0.25, 0.3) is 0 Å². The van der Waals surface area contributed by atoms with Crippen molar-refractivity contribution in [2.45, 2.75) is 17.7 Å². The summed E-state index contributed by atoms with van der Waals surface area (Å²) in [6.07, 6.45) is 0.984. The van der Waals surface area contributed by atoms with Crippen molar-refractivity contribution in [3.63, 3.8) is 0 Å². The van der Waals surface area contributed by atoms with E-state index in [0.29, 0.717) is 19.4 Å². The molecule has 0 spiro atoms. The van der Waals surface area contributed by atoms with E-state index in [1.807, 2.05) is 0 Å². The molecule has 7 nitrogen and oxygen atoms in total. The number of hydrogen-bond acceptors (Lipinski definition) is 4. The Balaban J connectivity index is 2.24. The van der Waals surface area contributed by atoms with Crippen LogP contribution < -0.4 is 5.73 Å². The zero-order chi connectivity index (χ0) is 15.6. The molecule has 21 heavy (non-hydrogen) atoms. The predicted molar refractivity (Wildman–Crippen MR) is 74.1 cm³/mol. The first-order valence-corrected chi connectivity index (χ1v) is 7.89. The van der Waals surface area contributed by atoms with E-state index < -0.39 is 27.8 Å². The summed E-state index contributed by atoms with van der Waals surface area (Å²) < 4.78 is 26.1. The van der Waals surface area contributed by atoms with Crippen LogP contribution in [0.15, 0.2) is 29.2 Å². The third-order valence-electron chi connectivity index (χ3n) is 3.51. The average molecular weight is 312 g/mol. The number of carbonyl (C=O) groups is 2. The molecule has 3 N–H and O–H groups in total. The molecule has 0 bridgehead atoms. The molecule has 0 radical (unpaired) electrons. The van der Waals surface area contributed by atoms with Crippen LogP contribution in [0.3, 0.4) is 0 Å². The zero-order valence-corrected chi connectivity index (χ0v) is 12.0. The zero-order valence-electron chi connectivity index (χ0n) is 11.2. The topological polar surface area (TPSA) is 118 Å². The minimum absolute atomic E-state index is 0.0264. The van der Waals surface area contributed by atoms with Crippen molar-refractivity contribution in [2.24, 2.45) is 11.7 Å². The molecule has 1 heterocycles. The van der Waals surface area contributed by atoms with Crippen molar-refractivity contribution in [1.82, 2.24) is 4.31 Å². The summed E-state index contributed by atoms with van der Waals surface area (Å²) in [5, 5.41) is 9.02. The highest BCUT2D eigenvalue weighted by atomic mass is 32.2. The van der Waals surface area contributed by atoms with Crippen LogP contribution in [0.2, 0.25) is 0 Å². The van der Waals surface area contributed by atoms with Crippen molar-refractivity contribution in [1.29, 1.82) is 0 Å². The van der Waals surface area contributed by atoms with Crippen LogP contribution in [-0.2, 0) is 14.8 Å². The number of carboxylic acids is 1. The molecular weight excluding hydrogens is 296 g/mol. The van der Waals surface area contributed by atoms with Gasteiger partial charge in [-0.1, -0.05) is 0 Å². The van der Waals surface area contributed by atoms with E-state index in [-0.39, 0.29) is 17.0 Å². The Bertz CT molecular complexity index is 654. The van der Waals surface area contributed by atoms with E-state index in [1.165, 1.54) is 28.6 Å². The molecule has 1 atom stereocenters. The summed E-state index contributed by atoms with van der Waals surface area (Å²) in [4.78, 5) is 22.0. The molecule has 0 saturated carbocycles. The van der Waals surface area contributed by atoms with Crippen molar-refractivity contribution in [3.8, 4) is 0 Å². The summed E-state index contributed by atoms with van der Waals surface area (Å²) >= 11 is 0. The second kappa shape index (κ2) is 5.82. The first-order chi connectivity index (χ1) is 9.82. The van der Waals surface area contributed by atoms with Crippen LogP contribution >= 0.6 is 0 Å². The molecule has 1 aromatic carbocycles. The Morgan fingerprint density at radius 1 is 1.24 bits per heavy atom. The number of aliphatic carboxylic acids is 1. The summed E-state index contributed by atoms with van der Waals surface area (Å²) in [6, 6.07) is 5.29. The molecule has 2 rings (SSSR count). The molecule has 1 saturated heterocycles. The van der Waals surface area contributed by atoms with Crippen molar-refractivity contribution >= 4 is 21.9 Å². The van der Waals surface area contributed by atoms with Crippen LogP contribution in [-0.4, -0.2) is 42.8 Å². The number of benzene rings is 1. The molecule has 1 aliphatic rings. The van der Waals surface area contributed by atoms with E-state index in [9.17, 15) is 18.0 Å². The van der Waals surface area contributed by atoms with Gasteiger partial charge in [-0.05, 0) is 37.1 Å². The Labute approximate surface area is 122 Å². The molecule has 114 valence electrons. The van der Waals surface area contributed by atoms with Gasteiger partial charge in [-0.15, -0.1) is 0 Å². The van der Waals surface area contributed by atoms with Crippen molar-refractivity contribution < 1.29 is 23.1 Å². The van der Waals surface area contributed by atoms with Crippen LogP contribution in [0.5, 0.6) is 0 Å². The fraction of sp³-hybridized carbons (Fsp3) is 0.385. The number of amides is 1. The fourth-order valence-corrected chi connectivity index (χ4v) is 3.83. The second-order valence-electron chi connectivity index (χ2n) is 4.93. The summed E-state index contributed by atoms with van der Waals surface area (Å²) in [6.45, 7) is 0.263. The summed E-state index contributed by atoms with van der Waals surface area (Å²) in [7, 11) is -3.75. The number of nitrogens with two attached hydrogens (primary N) is 1. The lowest BCUT2D eigenvalue weighted by Crippen LogP contribution is -2.42. The third-order valence-corrected chi connectivity index (χ3v) is 5.39. The first-order valence-electron chi connectivity index (χ1n) is 6.45. The highest BCUT2D eigenvalue weighted by Crippen LogP contribution is 2.24. The van der Waals surface area contributed by atoms with E-state index in [0.717, 1.165) is 0 Å². The first kappa shape index (κ1) is 15.5. The van der Waals surface area contributed by atoms with Gasteiger partial charge in [-0.2, -0.15) is 4.31 Å². The SMILES string of the molecule is NC(=O)c1ccc(S(=O)(=O)N2CCC[C@H](C(=O)O)C2)cc1. The molecule has 1 amide bonds. The standard InChI is InChI=1S/C13H16N2O5S/c14-12(16)9-3-5-11(6-4-9)21(19,20)15-7-1-2-10(8-15)13(17)18/h3-6,10H,1-2,7-8H2,(H2,14,16)(H,17,18)/t10-/m0/s1. The Morgan fingerprint density at radius 3 is 2.38 bits per heavy atom. The van der Waals surface area contributed by atoms with Gasteiger partial charge in [0.05, 0.1) is 10.8 Å². The number of carboxylic acid groups (broad SMARTS) is 1. The van der Waals surface area contributed by atoms with Gasteiger partial charge in [0, 0.05) is 18.7 Å². The van der Waals surface area contributed by atoms with Gasteiger partial charge >= 0.3 is 5.97 Å². The number of carbonyl (C=O) groups excluding carboxylic acids is 1. The van der Waals surface area contributed by atoms with E-state index >= 15 is 0 Å². The number of piperidine rings is 1. The van der Waals surface area contributed by atoms with Gasteiger partial charge in [0.2, 0.25) is 15.9 Å².